The highest BCUT2D eigenvalue weighted by Crippen LogP contribution is 2.68. The molecule has 25 heavy (non-hydrogen) atoms. The molecule has 0 aromatic heterocycles. The lowest BCUT2D eigenvalue weighted by atomic mass is 9.67. The second-order valence-electron chi connectivity index (χ2n) is 8.91. The summed E-state index contributed by atoms with van der Waals surface area (Å²) >= 11 is 0. The van der Waals surface area contributed by atoms with Gasteiger partial charge >= 0.3 is 5.97 Å². The minimum Gasteiger partial charge on any atom is -0.460 e. The Bertz CT molecular complexity index is 566. The molecule has 0 radical (unpaired) electrons. The lowest BCUT2D eigenvalue weighted by molar-refractivity contribution is -0.140. The molecule has 2 bridgehead atoms. The Morgan fingerprint density at radius 1 is 1.12 bits per heavy atom. The van der Waals surface area contributed by atoms with Gasteiger partial charge in [-0.25, -0.2) is 4.79 Å². The maximum Gasteiger partial charge on any atom is 0.333 e. The Hall–Kier alpha value is -1.09. The number of carbonyl (C=O) groups excluding carboxylic acids is 1. The van der Waals surface area contributed by atoms with Crippen molar-refractivity contribution in [2.45, 2.75) is 39.5 Å². The van der Waals surface area contributed by atoms with Gasteiger partial charge in [0.1, 0.15) is 6.61 Å². The Balaban J connectivity index is 1.23. The number of hydrogen-bond donors (Lipinski definition) is 0. The van der Waals surface area contributed by atoms with Crippen molar-refractivity contribution in [1.29, 1.82) is 0 Å². The SMILES string of the molecule is C=C(C)C(=O)OCCOCCC1CC(C)C2C3CC(C4CC=CC43)C12. The fourth-order valence-electron chi connectivity index (χ4n) is 6.91. The average molecular weight is 344 g/mol. The number of carbonyl (C=O) groups is 1. The monoisotopic (exact) mass is 344 g/mol. The molecule has 3 fully saturated rings. The highest BCUT2D eigenvalue weighted by Gasteiger charge is 2.62. The number of fused-ring (bicyclic) bond motifs is 8. The van der Waals surface area contributed by atoms with Crippen LogP contribution in [0.2, 0.25) is 0 Å². The van der Waals surface area contributed by atoms with Gasteiger partial charge in [0.05, 0.1) is 6.61 Å². The quantitative estimate of drug-likeness (QED) is 0.300. The van der Waals surface area contributed by atoms with Crippen LogP contribution in [0, 0.1) is 47.3 Å². The zero-order valence-corrected chi connectivity index (χ0v) is 15.7. The lowest BCUT2D eigenvalue weighted by Crippen LogP contribution is -2.33. The van der Waals surface area contributed by atoms with E-state index in [1.165, 1.54) is 25.7 Å². The van der Waals surface area contributed by atoms with Gasteiger partial charge in [-0.15, -0.1) is 0 Å². The first-order chi connectivity index (χ1) is 12.1. The van der Waals surface area contributed by atoms with E-state index in [9.17, 15) is 4.79 Å². The third kappa shape index (κ3) is 2.99. The van der Waals surface area contributed by atoms with E-state index in [-0.39, 0.29) is 5.97 Å². The number of allylic oxidation sites excluding steroid dienone is 2. The first-order valence-electron chi connectivity index (χ1n) is 10.1. The number of ether oxygens (including phenoxy) is 2. The normalized spacial score (nSPS) is 43.3. The molecule has 0 amide bonds. The van der Waals surface area contributed by atoms with E-state index in [2.05, 4.69) is 25.7 Å². The highest BCUT2D eigenvalue weighted by atomic mass is 16.6. The third-order valence-electron chi connectivity index (χ3n) is 7.60. The van der Waals surface area contributed by atoms with Gasteiger partial charge in [-0.3, -0.25) is 0 Å². The largest absolute Gasteiger partial charge is 0.460 e. The molecule has 4 aliphatic rings. The van der Waals surface area contributed by atoms with Crippen LogP contribution in [0.5, 0.6) is 0 Å². The molecule has 0 spiro atoms. The summed E-state index contributed by atoms with van der Waals surface area (Å²) < 4.78 is 10.8. The van der Waals surface area contributed by atoms with Crippen molar-refractivity contribution in [1.82, 2.24) is 0 Å². The van der Waals surface area contributed by atoms with Crippen molar-refractivity contribution in [3.05, 3.63) is 24.3 Å². The predicted molar refractivity (Wildman–Crippen MR) is 97.8 cm³/mol. The molecule has 3 heteroatoms. The zero-order valence-electron chi connectivity index (χ0n) is 15.7. The third-order valence-corrected chi connectivity index (χ3v) is 7.60. The molecule has 8 unspecified atom stereocenters. The Morgan fingerprint density at radius 2 is 1.96 bits per heavy atom. The fourth-order valence-corrected chi connectivity index (χ4v) is 6.91. The summed E-state index contributed by atoms with van der Waals surface area (Å²) in [5, 5.41) is 0. The molecule has 3 nitrogen and oxygen atoms in total. The summed E-state index contributed by atoms with van der Waals surface area (Å²) in [5.41, 5.74) is 0.446. The van der Waals surface area contributed by atoms with Crippen LogP contribution >= 0.6 is 0 Å². The average Bonchev–Trinajstić information content (AvgIpc) is 3.30. The molecule has 0 N–H and O–H groups in total. The van der Waals surface area contributed by atoms with Gasteiger partial charge in [-0.2, -0.15) is 0 Å². The topological polar surface area (TPSA) is 35.5 Å². The van der Waals surface area contributed by atoms with Crippen molar-refractivity contribution >= 4 is 5.97 Å². The minimum atomic E-state index is -0.322. The van der Waals surface area contributed by atoms with Gasteiger partial charge in [0.25, 0.3) is 0 Å². The van der Waals surface area contributed by atoms with E-state index in [0.717, 1.165) is 54.0 Å². The molecular formula is C22H32O3. The molecular weight excluding hydrogens is 312 g/mol. The first-order valence-corrected chi connectivity index (χ1v) is 10.1. The highest BCUT2D eigenvalue weighted by molar-refractivity contribution is 5.86. The summed E-state index contributed by atoms with van der Waals surface area (Å²) in [6, 6.07) is 0. The van der Waals surface area contributed by atoms with Crippen LogP contribution in [0.4, 0.5) is 0 Å². The predicted octanol–water partition coefficient (Wildman–Crippen LogP) is 4.24. The van der Waals surface area contributed by atoms with E-state index >= 15 is 0 Å². The van der Waals surface area contributed by atoms with Gasteiger partial charge in [0, 0.05) is 12.2 Å². The molecule has 0 saturated heterocycles. The van der Waals surface area contributed by atoms with Crippen molar-refractivity contribution in [3.8, 4) is 0 Å². The number of rotatable bonds is 7. The van der Waals surface area contributed by atoms with Crippen molar-refractivity contribution < 1.29 is 14.3 Å². The molecule has 0 heterocycles. The summed E-state index contributed by atoms with van der Waals surface area (Å²) in [5.74, 6) is 7.14. The first kappa shape index (κ1) is 17.3. The van der Waals surface area contributed by atoms with Crippen LogP contribution in [0.15, 0.2) is 24.3 Å². The number of esters is 1. The van der Waals surface area contributed by atoms with Crippen molar-refractivity contribution in [3.63, 3.8) is 0 Å². The summed E-state index contributed by atoms with van der Waals surface area (Å²) in [6.07, 6.45) is 10.4. The van der Waals surface area contributed by atoms with E-state index < -0.39 is 0 Å². The van der Waals surface area contributed by atoms with Gasteiger partial charge in [-0.1, -0.05) is 25.7 Å². The van der Waals surface area contributed by atoms with E-state index in [1.807, 2.05) is 0 Å². The van der Waals surface area contributed by atoms with E-state index in [1.54, 1.807) is 6.92 Å². The summed E-state index contributed by atoms with van der Waals surface area (Å²) in [4.78, 5) is 11.3. The minimum absolute atomic E-state index is 0.322. The Kier molecular flexibility index (Phi) is 4.79. The van der Waals surface area contributed by atoms with Crippen molar-refractivity contribution in [2.24, 2.45) is 47.3 Å². The van der Waals surface area contributed by atoms with Gasteiger partial charge in [-0.05, 0) is 80.0 Å². The molecule has 0 aromatic rings. The molecule has 4 aliphatic carbocycles. The fraction of sp³-hybridized carbons (Fsp3) is 0.773. The molecule has 4 rings (SSSR count). The summed E-state index contributed by atoms with van der Waals surface area (Å²) in [6.45, 7) is 9.37. The number of hydrogen-bond acceptors (Lipinski definition) is 3. The molecule has 138 valence electrons. The van der Waals surface area contributed by atoms with Crippen LogP contribution in [0.1, 0.15) is 39.5 Å². The van der Waals surface area contributed by atoms with E-state index in [4.69, 9.17) is 9.47 Å². The van der Waals surface area contributed by atoms with Gasteiger partial charge in [0.2, 0.25) is 0 Å². The zero-order chi connectivity index (χ0) is 17.6. The standard InChI is InChI=1S/C22H32O3/c1-13(2)22(23)25-10-9-24-8-7-15-11-14(3)20-18-12-19(21(15)20)17-6-4-5-16(17)18/h4-5,14-21H,1,6-12H2,2-3H3. The Labute approximate surface area is 151 Å². The van der Waals surface area contributed by atoms with Crippen LogP contribution in [0.25, 0.3) is 0 Å². The van der Waals surface area contributed by atoms with Gasteiger partial charge < -0.3 is 9.47 Å². The maximum atomic E-state index is 11.3. The van der Waals surface area contributed by atoms with Crippen LogP contribution in [-0.2, 0) is 14.3 Å². The second kappa shape index (κ2) is 6.90. The van der Waals surface area contributed by atoms with Crippen LogP contribution < -0.4 is 0 Å². The van der Waals surface area contributed by atoms with Crippen LogP contribution in [0.3, 0.4) is 0 Å². The molecule has 0 aliphatic heterocycles. The molecule has 8 atom stereocenters. The van der Waals surface area contributed by atoms with E-state index in [0.29, 0.717) is 18.8 Å². The maximum absolute atomic E-state index is 11.3. The summed E-state index contributed by atoms with van der Waals surface area (Å²) in [7, 11) is 0. The second-order valence-corrected chi connectivity index (χ2v) is 8.91. The smallest absolute Gasteiger partial charge is 0.333 e. The van der Waals surface area contributed by atoms with Crippen molar-refractivity contribution in [2.75, 3.05) is 19.8 Å². The van der Waals surface area contributed by atoms with Gasteiger partial charge in [0.15, 0.2) is 0 Å². The lowest BCUT2D eigenvalue weighted by Gasteiger charge is -2.37. The Morgan fingerprint density at radius 3 is 2.76 bits per heavy atom. The van der Waals surface area contributed by atoms with Crippen LogP contribution in [-0.4, -0.2) is 25.8 Å². The molecule has 3 saturated carbocycles. The molecule has 0 aromatic carbocycles.